The van der Waals surface area contributed by atoms with Gasteiger partial charge >= 0.3 is 5.97 Å². The number of Topliss-reactive ketones (excluding diaryl/α,β-unsaturated/α-hetero) is 1. The van der Waals surface area contributed by atoms with Gasteiger partial charge in [-0.25, -0.2) is 9.18 Å². The third kappa shape index (κ3) is 3.55. The number of halogens is 1. The molecule has 0 amide bonds. The van der Waals surface area contributed by atoms with E-state index in [-0.39, 0.29) is 22.9 Å². The second kappa shape index (κ2) is 7.12. The van der Waals surface area contributed by atoms with Gasteiger partial charge in [-0.1, -0.05) is 29.8 Å². The molecule has 0 spiro atoms. The number of fused-ring (bicyclic) bond motifs is 1. The van der Waals surface area contributed by atoms with E-state index in [1.54, 1.807) is 12.1 Å². The van der Waals surface area contributed by atoms with Gasteiger partial charge in [-0.2, -0.15) is 0 Å². The number of hydrogen-bond donors (Lipinski definition) is 0. The van der Waals surface area contributed by atoms with Gasteiger partial charge in [0.2, 0.25) is 5.78 Å². The van der Waals surface area contributed by atoms with Gasteiger partial charge in [-0.3, -0.25) is 4.79 Å². The first-order chi connectivity index (χ1) is 13.5. The topological polar surface area (TPSA) is 52.6 Å². The summed E-state index contributed by atoms with van der Waals surface area (Å²) in [5, 5.41) is 0. The molecule has 0 saturated heterocycles. The molecule has 0 fully saturated rings. The van der Waals surface area contributed by atoms with Gasteiger partial charge in [0, 0.05) is 6.07 Å². The van der Waals surface area contributed by atoms with E-state index in [4.69, 9.17) is 9.47 Å². The van der Waals surface area contributed by atoms with Crippen molar-refractivity contribution in [3.8, 4) is 11.5 Å². The Labute approximate surface area is 160 Å². The van der Waals surface area contributed by atoms with Gasteiger partial charge in [0.25, 0.3) is 0 Å². The average molecular weight is 374 g/mol. The first-order valence-electron chi connectivity index (χ1n) is 8.62. The van der Waals surface area contributed by atoms with Gasteiger partial charge < -0.3 is 9.47 Å². The molecule has 3 aromatic rings. The lowest BCUT2D eigenvalue weighted by atomic mass is 10.1. The number of ketones is 1. The maximum Gasteiger partial charge on any atom is 0.343 e. The monoisotopic (exact) mass is 374 g/mol. The molecule has 0 aliphatic carbocycles. The molecular formula is C23H15FO4. The van der Waals surface area contributed by atoms with Crippen LogP contribution >= 0.6 is 0 Å². The van der Waals surface area contributed by atoms with E-state index in [0.717, 1.165) is 11.1 Å². The van der Waals surface area contributed by atoms with Crippen LogP contribution in [0, 0.1) is 12.7 Å². The number of hydrogen-bond acceptors (Lipinski definition) is 4. The van der Waals surface area contributed by atoms with Crippen LogP contribution in [-0.2, 0) is 0 Å². The van der Waals surface area contributed by atoms with Crippen molar-refractivity contribution in [1.29, 1.82) is 0 Å². The van der Waals surface area contributed by atoms with Gasteiger partial charge in [-0.15, -0.1) is 0 Å². The summed E-state index contributed by atoms with van der Waals surface area (Å²) in [4.78, 5) is 24.7. The molecular weight excluding hydrogens is 359 g/mol. The van der Waals surface area contributed by atoms with Crippen molar-refractivity contribution < 1.29 is 23.5 Å². The van der Waals surface area contributed by atoms with Gasteiger partial charge in [0.15, 0.2) is 5.76 Å². The van der Waals surface area contributed by atoms with Crippen LogP contribution in [0.2, 0.25) is 0 Å². The molecule has 0 saturated carbocycles. The largest absolute Gasteiger partial charge is 0.452 e. The highest BCUT2D eigenvalue weighted by atomic mass is 19.1. The Morgan fingerprint density at radius 3 is 2.57 bits per heavy atom. The third-order valence-corrected chi connectivity index (χ3v) is 4.27. The maximum atomic E-state index is 13.0. The fourth-order valence-electron chi connectivity index (χ4n) is 2.89. The minimum absolute atomic E-state index is 0.211. The van der Waals surface area contributed by atoms with Crippen molar-refractivity contribution in [3.63, 3.8) is 0 Å². The van der Waals surface area contributed by atoms with Crippen molar-refractivity contribution >= 4 is 17.8 Å². The van der Waals surface area contributed by atoms with Crippen LogP contribution in [0.15, 0.2) is 72.5 Å². The molecule has 28 heavy (non-hydrogen) atoms. The summed E-state index contributed by atoms with van der Waals surface area (Å²) < 4.78 is 23.9. The SMILES string of the molecule is Cc1cccc(/C=C2\Oc3cc(OC(=O)c4ccc(F)cc4)ccc3C2=O)c1. The molecule has 0 bridgehead atoms. The molecule has 1 heterocycles. The number of rotatable bonds is 3. The second-order valence-electron chi connectivity index (χ2n) is 6.41. The van der Waals surface area contributed by atoms with E-state index >= 15 is 0 Å². The van der Waals surface area contributed by atoms with Crippen LogP contribution in [0.5, 0.6) is 11.5 Å². The van der Waals surface area contributed by atoms with E-state index in [1.807, 2.05) is 31.2 Å². The van der Waals surface area contributed by atoms with E-state index in [1.165, 1.54) is 36.4 Å². The molecule has 4 rings (SSSR count). The van der Waals surface area contributed by atoms with Crippen molar-refractivity contribution in [2.75, 3.05) is 0 Å². The van der Waals surface area contributed by atoms with Gasteiger partial charge in [0.05, 0.1) is 11.1 Å². The number of aryl methyl sites for hydroxylation is 1. The predicted octanol–water partition coefficient (Wildman–Crippen LogP) is 4.97. The fraction of sp³-hybridized carbons (Fsp3) is 0.0435. The Hall–Kier alpha value is -3.73. The van der Waals surface area contributed by atoms with Crippen molar-refractivity contribution in [2.24, 2.45) is 0 Å². The summed E-state index contributed by atoms with van der Waals surface area (Å²) in [7, 11) is 0. The van der Waals surface area contributed by atoms with Crippen molar-refractivity contribution in [2.45, 2.75) is 6.92 Å². The predicted molar refractivity (Wildman–Crippen MR) is 102 cm³/mol. The highest BCUT2D eigenvalue weighted by Crippen LogP contribution is 2.35. The van der Waals surface area contributed by atoms with Crippen LogP contribution in [0.25, 0.3) is 6.08 Å². The number of ether oxygens (including phenoxy) is 2. The Morgan fingerprint density at radius 2 is 1.82 bits per heavy atom. The summed E-state index contributed by atoms with van der Waals surface area (Å²) >= 11 is 0. The highest BCUT2D eigenvalue weighted by Gasteiger charge is 2.28. The molecule has 5 heteroatoms. The number of carbonyl (C=O) groups excluding carboxylic acids is 2. The molecule has 4 nitrogen and oxygen atoms in total. The van der Waals surface area contributed by atoms with Crippen molar-refractivity contribution in [3.05, 3.63) is 101 Å². The Balaban J connectivity index is 1.55. The first-order valence-corrected chi connectivity index (χ1v) is 8.62. The van der Waals surface area contributed by atoms with Gasteiger partial charge in [-0.05, 0) is 55.0 Å². The molecule has 138 valence electrons. The number of benzene rings is 3. The molecule has 0 radical (unpaired) electrons. The number of allylic oxidation sites excluding steroid dienone is 1. The van der Waals surface area contributed by atoms with Crippen LogP contribution in [0.1, 0.15) is 31.8 Å². The normalized spacial score (nSPS) is 13.9. The minimum atomic E-state index is -0.625. The summed E-state index contributed by atoms with van der Waals surface area (Å²) in [5.74, 6) is -0.518. The second-order valence-corrected chi connectivity index (χ2v) is 6.41. The van der Waals surface area contributed by atoms with Crippen LogP contribution in [0.4, 0.5) is 4.39 Å². The molecule has 0 aromatic heterocycles. The van der Waals surface area contributed by atoms with E-state index in [9.17, 15) is 14.0 Å². The average Bonchev–Trinajstić information content (AvgIpc) is 2.97. The van der Waals surface area contributed by atoms with E-state index in [0.29, 0.717) is 11.3 Å². The quantitative estimate of drug-likeness (QED) is 0.369. The first kappa shape index (κ1) is 17.7. The molecule has 1 aliphatic heterocycles. The lowest BCUT2D eigenvalue weighted by molar-refractivity contribution is 0.0734. The maximum absolute atomic E-state index is 13.0. The zero-order valence-corrected chi connectivity index (χ0v) is 14.9. The number of carbonyl (C=O) groups is 2. The van der Waals surface area contributed by atoms with E-state index in [2.05, 4.69) is 0 Å². The van der Waals surface area contributed by atoms with Crippen LogP contribution in [0.3, 0.4) is 0 Å². The molecule has 1 aliphatic rings. The molecule has 0 N–H and O–H groups in total. The lowest BCUT2D eigenvalue weighted by Crippen LogP contribution is -2.08. The van der Waals surface area contributed by atoms with Crippen LogP contribution in [-0.4, -0.2) is 11.8 Å². The number of esters is 1. The summed E-state index contributed by atoms with van der Waals surface area (Å²) in [5.41, 5.74) is 2.56. The third-order valence-electron chi connectivity index (χ3n) is 4.27. The summed E-state index contributed by atoms with van der Waals surface area (Å²) in [6.45, 7) is 1.97. The lowest BCUT2D eigenvalue weighted by Gasteiger charge is -2.05. The zero-order chi connectivity index (χ0) is 19.7. The minimum Gasteiger partial charge on any atom is -0.452 e. The Bertz CT molecular complexity index is 1110. The smallest absolute Gasteiger partial charge is 0.343 e. The summed E-state index contributed by atoms with van der Waals surface area (Å²) in [6.07, 6.45) is 1.68. The summed E-state index contributed by atoms with van der Waals surface area (Å²) in [6, 6.07) is 17.3. The molecule has 0 unspecified atom stereocenters. The Kier molecular flexibility index (Phi) is 4.49. The fourth-order valence-corrected chi connectivity index (χ4v) is 2.89. The standard InChI is InChI=1S/C23H15FO4/c1-14-3-2-4-15(11-14)12-21-22(25)19-10-9-18(13-20(19)28-21)27-23(26)16-5-7-17(24)8-6-16/h2-13H,1H3/b21-12-. The highest BCUT2D eigenvalue weighted by molar-refractivity contribution is 6.14. The Morgan fingerprint density at radius 1 is 1.04 bits per heavy atom. The van der Waals surface area contributed by atoms with E-state index < -0.39 is 11.8 Å². The van der Waals surface area contributed by atoms with Crippen LogP contribution < -0.4 is 9.47 Å². The van der Waals surface area contributed by atoms with Crippen molar-refractivity contribution in [1.82, 2.24) is 0 Å². The zero-order valence-electron chi connectivity index (χ0n) is 14.9. The van der Waals surface area contributed by atoms with Gasteiger partial charge in [0.1, 0.15) is 17.3 Å². The molecule has 3 aromatic carbocycles. The molecule has 0 atom stereocenters.